The molecule has 2 rings (SSSR count). The number of nitrogens with two attached hydrogens (primary N) is 1. The Morgan fingerprint density at radius 3 is 2.44 bits per heavy atom. The lowest BCUT2D eigenvalue weighted by atomic mass is 9.90. The predicted octanol–water partition coefficient (Wildman–Crippen LogP) is 1.91. The molecule has 1 aliphatic rings. The maximum absolute atomic E-state index is 5.90. The minimum Gasteiger partial charge on any atom is -0.381 e. The summed E-state index contributed by atoms with van der Waals surface area (Å²) in [6, 6.07) is 8.46. The number of nitrogens with one attached hydrogen (secondary N) is 1. The molecule has 0 atom stereocenters. The van der Waals surface area contributed by atoms with Gasteiger partial charge in [0.25, 0.3) is 0 Å². The van der Waals surface area contributed by atoms with Gasteiger partial charge in [-0.15, -0.1) is 0 Å². The van der Waals surface area contributed by atoms with E-state index < -0.39 is 0 Å². The average molecular weight is 220 g/mol. The second-order valence-corrected chi connectivity index (χ2v) is 4.59. The Balaban J connectivity index is 2.08. The Hall–Kier alpha value is -1.06. The Bertz CT molecular complexity index is 328. The van der Waals surface area contributed by atoms with Gasteiger partial charge in [-0.3, -0.25) is 0 Å². The van der Waals surface area contributed by atoms with Crippen LogP contribution in [0.4, 0.5) is 5.69 Å². The summed E-state index contributed by atoms with van der Waals surface area (Å²) in [5.74, 6) is 0. The molecule has 88 valence electrons. The van der Waals surface area contributed by atoms with Crippen molar-refractivity contribution in [3.05, 3.63) is 29.8 Å². The van der Waals surface area contributed by atoms with Crippen LogP contribution in [-0.4, -0.2) is 25.3 Å². The molecule has 1 heterocycles. The van der Waals surface area contributed by atoms with E-state index in [2.05, 4.69) is 36.5 Å². The van der Waals surface area contributed by atoms with Gasteiger partial charge in [0.2, 0.25) is 0 Å². The van der Waals surface area contributed by atoms with Crippen LogP contribution < -0.4 is 11.1 Å². The van der Waals surface area contributed by atoms with E-state index >= 15 is 0 Å². The number of ether oxygens (including phenoxy) is 1. The van der Waals surface area contributed by atoms with Gasteiger partial charge in [-0.1, -0.05) is 17.7 Å². The fourth-order valence-electron chi connectivity index (χ4n) is 2.09. The minimum atomic E-state index is 0.0213. The van der Waals surface area contributed by atoms with Gasteiger partial charge in [0.1, 0.15) is 0 Å². The largest absolute Gasteiger partial charge is 0.381 e. The molecule has 0 spiro atoms. The molecule has 1 fully saturated rings. The van der Waals surface area contributed by atoms with Crippen LogP contribution in [0.25, 0.3) is 0 Å². The molecule has 1 aromatic carbocycles. The van der Waals surface area contributed by atoms with Crippen molar-refractivity contribution in [2.24, 2.45) is 5.73 Å². The van der Waals surface area contributed by atoms with Gasteiger partial charge in [0.05, 0.1) is 5.54 Å². The highest BCUT2D eigenvalue weighted by Gasteiger charge is 2.30. The number of rotatable bonds is 3. The van der Waals surface area contributed by atoms with E-state index in [-0.39, 0.29) is 5.54 Å². The van der Waals surface area contributed by atoms with Gasteiger partial charge in [-0.2, -0.15) is 0 Å². The van der Waals surface area contributed by atoms with Crippen molar-refractivity contribution in [1.82, 2.24) is 0 Å². The van der Waals surface area contributed by atoms with E-state index in [0.29, 0.717) is 6.54 Å². The first kappa shape index (κ1) is 11.4. The van der Waals surface area contributed by atoms with Crippen LogP contribution in [0.5, 0.6) is 0 Å². The highest BCUT2D eigenvalue weighted by Crippen LogP contribution is 2.25. The summed E-state index contributed by atoms with van der Waals surface area (Å²) in [5, 5.41) is 3.57. The second-order valence-electron chi connectivity index (χ2n) is 4.59. The molecular formula is C13H20N2O. The van der Waals surface area contributed by atoms with Crippen LogP contribution >= 0.6 is 0 Å². The molecule has 1 saturated heterocycles. The fourth-order valence-corrected chi connectivity index (χ4v) is 2.09. The van der Waals surface area contributed by atoms with Crippen molar-refractivity contribution in [2.45, 2.75) is 25.3 Å². The lowest BCUT2D eigenvalue weighted by molar-refractivity contribution is 0.0628. The van der Waals surface area contributed by atoms with Gasteiger partial charge >= 0.3 is 0 Å². The van der Waals surface area contributed by atoms with Crippen LogP contribution in [0.3, 0.4) is 0 Å². The van der Waals surface area contributed by atoms with Gasteiger partial charge in [-0.25, -0.2) is 0 Å². The van der Waals surface area contributed by atoms with Gasteiger partial charge in [-0.05, 0) is 31.9 Å². The minimum absolute atomic E-state index is 0.0213. The summed E-state index contributed by atoms with van der Waals surface area (Å²) >= 11 is 0. The molecule has 0 unspecified atom stereocenters. The van der Waals surface area contributed by atoms with Crippen molar-refractivity contribution >= 4 is 5.69 Å². The van der Waals surface area contributed by atoms with E-state index in [0.717, 1.165) is 31.7 Å². The third-order valence-electron chi connectivity index (χ3n) is 3.30. The molecule has 0 saturated carbocycles. The van der Waals surface area contributed by atoms with Crippen LogP contribution in [0.1, 0.15) is 18.4 Å². The number of anilines is 1. The quantitative estimate of drug-likeness (QED) is 0.818. The zero-order valence-electron chi connectivity index (χ0n) is 9.83. The van der Waals surface area contributed by atoms with Gasteiger partial charge in [0, 0.05) is 25.4 Å². The zero-order valence-corrected chi connectivity index (χ0v) is 9.83. The summed E-state index contributed by atoms with van der Waals surface area (Å²) < 4.78 is 5.39. The molecule has 0 bridgehead atoms. The van der Waals surface area contributed by atoms with Crippen molar-refractivity contribution in [3.8, 4) is 0 Å². The smallest absolute Gasteiger partial charge is 0.0539 e. The van der Waals surface area contributed by atoms with Crippen LogP contribution in [-0.2, 0) is 4.74 Å². The lowest BCUT2D eigenvalue weighted by Crippen LogP contribution is -2.49. The topological polar surface area (TPSA) is 47.3 Å². The van der Waals surface area contributed by atoms with Crippen LogP contribution in [0.2, 0.25) is 0 Å². The normalized spacial score (nSPS) is 19.4. The Morgan fingerprint density at radius 1 is 1.25 bits per heavy atom. The van der Waals surface area contributed by atoms with E-state index in [4.69, 9.17) is 10.5 Å². The summed E-state index contributed by atoms with van der Waals surface area (Å²) in [6.45, 7) is 4.35. The summed E-state index contributed by atoms with van der Waals surface area (Å²) in [5.41, 5.74) is 8.35. The van der Waals surface area contributed by atoms with Crippen LogP contribution in [0, 0.1) is 6.92 Å². The number of aryl methyl sites for hydroxylation is 1. The molecule has 3 heteroatoms. The highest BCUT2D eigenvalue weighted by atomic mass is 16.5. The van der Waals surface area contributed by atoms with Crippen molar-refractivity contribution < 1.29 is 4.74 Å². The van der Waals surface area contributed by atoms with E-state index in [9.17, 15) is 0 Å². The predicted molar refractivity (Wildman–Crippen MR) is 66.6 cm³/mol. The molecule has 0 radical (unpaired) electrons. The third kappa shape index (κ3) is 2.54. The van der Waals surface area contributed by atoms with Crippen molar-refractivity contribution in [2.75, 3.05) is 25.1 Å². The van der Waals surface area contributed by atoms with Crippen molar-refractivity contribution in [1.29, 1.82) is 0 Å². The Kier molecular flexibility index (Phi) is 3.46. The average Bonchev–Trinajstić information content (AvgIpc) is 2.33. The van der Waals surface area contributed by atoms with Crippen molar-refractivity contribution in [3.63, 3.8) is 0 Å². The summed E-state index contributed by atoms with van der Waals surface area (Å²) in [6.07, 6.45) is 1.97. The standard InChI is InChI=1S/C13H20N2O/c1-11-2-4-12(5-3-11)15-13(10-14)6-8-16-9-7-13/h2-5,15H,6-10,14H2,1H3. The fraction of sp³-hybridized carbons (Fsp3) is 0.538. The number of hydrogen-bond acceptors (Lipinski definition) is 3. The SMILES string of the molecule is Cc1ccc(NC2(CN)CCOCC2)cc1. The molecule has 16 heavy (non-hydrogen) atoms. The second kappa shape index (κ2) is 4.85. The number of benzene rings is 1. The lowest BCUT2D eigenvalue weighted by Gasteiger charge is -2.37. The molecule has 1 aliphatic heterocycles. The zero-order chi connectivity index (χ0) is 11.4. The molecule has 0 amide bonds. The summed E-state index contributed by atoms with van der Waals surface area (Å²) in [4.78, 5) is 0. The molecule has 0 aliphatic carbocycles. The van der Waals surface area contributed by atoms with E-state index in [1.807, 2.05) is 0 Å². The van der Waals surface area contributed by atoms with Crippen LogP contribution in [0.15, 0.2) is 24.3 Å². The first-order valence-corrected chi connectivity index (χ1v) is 5.87. The highest BCUT2D eigenvalue weighted by molar-refractivity contribution is 5.47. The molecular weight excluding hydrogens is 200 g/mol. The molecule has 1 aromatic rings. The maximum atomic E-state index is 5.90. The first-order chi connectivity index (χ1) is 7.74. The molecule has 3 N–H and O–H groups in total. The Labute approximate surface area is 97.0 Å². The van der Waals surface area contributed by atoms with E-state index in [1.54, 1.807) is 0 Å². The summed E-state index contributed by atoms with van der Waals surface area (Å²) in [7, 11) is 0. The third-order valence-corrected chi connectivity index (χ3v) is 3.30. The maximum Gasteiger partial charge on any atom is 0.0539 e. The molecule has 3 nitrogen and oxygen atoms in total. The Morgan fingerprint density at radius 2 is 1.88 bits per heavy atom. The first-order valence-electron chi connectivity index (χ1n) is 5.87. The number of hydrogen-bond donors (Lipinski definition) is 2. The van der Waals surface area contributed by atoms with E-state index in [1.165, 1.54) is 5.56 Å². The van der Waals surface area contributed by atoms with Gasteiger partial charge < -0.3 is 15.8 Å². The monoisotopic (exact) mass is 220 g/mol. The molecule has 0 aromatic heterocycles. The van der Waals surface area contributed by atoms with Gasteiger partial charge in [0.15, 0.2) is 0 Å².